The summed E-state index contributed by atoms with van der Waals surface area (Å²) in [5.74, 6) is 0.872. The summed E-state index contributed by atoms with van der Waals surface area (Å²) in [4.78, 5) is 9.08. The zero-order valence-corrected chi connectivity index (χ0v) is 18.5. The summed E-state index contributed by atoms with van der Waals surface area (Å²) in [6.07, 6.45) is 0. The molecule has 0 saturated heterocycles. The smallest absolute Gasteiger partial charge is 0.263 e. The van der Waals surface area contributed by atoms with E-state index in [1.807, 2.05) is 0 Å². The zero-order valence-electron chi connectivity index (χ0n) is 16.1. The van der Waals surface area contributed by atoms with E-state index in [4.69, 9.17) is 27.9 Å². The molecule has 0 radical (unpaired) electrons. The number of ether oxygens (including phenoxy) is 1. The molecule has 0 amide bonds. The second-order valence-corrected chi connectivity index (χ2v) is 9.02. The molecule has 0 bridgehead atoms. The molecule has 0 aliphatic carbocycles. The van der Waals surface area contributed by atoms with E-state index >= 15 is 0 Å². The molecule has 1 heterocycles. The summed E-state index contributed by atoms with van der Waals surface area (Å²) >= 11 is 11.8. The third-order valence-electron chi connectivity index (χ3n) is 4.33. The number of halogens is 2. The van der Waals surface area contributed by atoms with Gasteiger partial charge in [0, 0.05) is 21.8 Å². The second-order valence-electron chi connectivity index (χ2n) is 6.47. The Kier molecular flexibility index (Phi) is 5.86. The fourth-order valence-electron chi connectivity index (χ4n) is 2.79. The highest BCUT2D eigenvalue weighted by molar-refractivity contribution is 7.92. The number of fused-ring (bicyclic) bond motifs is 1. The Morgan fingerprint density at radius 2 is 1.42 bits per heavy atom. The first-order valence-electron chi connectivity index (χ1n) is 9.01. The third-order valence-corrected chi connectivity index (χ3v) is 6.19. The molecule has 31 heavy (non-hydrogen) atoms. The van der Waals surface area contributed by atoms with E-state index in [1.54, 1.807) is 49.6 Å². The first-order chi connectivity index (χ1) is 14.8. The first kappa shape index (κ1) is 21.2. The Hall–Kier alpha value is -3.07. The second kappa shape index (κ2) is 8.58. The van der Waals surface area contributed by atoms with Crippen LogP contribution < -0.4 is 14.8 Å². The zero-order chi connectivity index (χ0) is 22.0. The van der Waals surface area contributed by atoms with Crippen molar-refractivity contribution < 1.29 is 13.2 Å². The Morgan fingerprint density at radius 1 is 0.806 bits per heavy atom. The summed E-state index contributed by atoms with van der Waals surface area (Å²) in [5.41, 5.74) is 1.69. The average Bonchev–Trinajstić information content (AvgIpc) is 2.75. The van der Waals surface area contributed by atoms with Gasteiger partial charge in [0.25, 0.3) is 10.0 Å². The van der Waals surface area contributed by atoms with Crippen molar-refractivity contribution in [3.63, 3.8) is 0 Å². The monoisotopic (exact) mass is 474 g/mol. The van der Waals surface area contributed by atoms with Gasteiger partial charge in [0.2, 0.25) is 0 Å². The number of nitrogens with one attached hydrogen (secondary N) is 2. The Bertz CT molecular complexity index is 1350. The molecular formula is C21H16Cl2N4O3S. The fraction of sp³-hybridized carbons (Fsp3) is 0.0476. The van der Waals surface area contributed by atoms with Crippen LogP contribution in [0.5, 0.6) is 5.75 Å². The van der Waals surface area contributed by atoms with Crippen LogP contribution in [0.15, 0.2) is 71.6 Å². The molecule has 2 N–H and O–H groups in total. The number of nitrogens with zero attached hydrogens (tertiary/aromatic N) is 2. The van der Waals surface area contributed by atoms with Gasteiger partial charge in [-0.3, -0.25) is 4.72 Å². The SMILES string of the molecule is COc1ccc2nc(NS(=O)(=O)c3ccc(Cl)cc3)c(Nc3ccc(Cl)cc3)nc2c1. The lowest BCUT2D eigenvalue weighted by molar-refractivity contribution is 0.415. The molecule has 0 aliphatic heterocycles. The summed E-state index contributed by atoms with van der Waals surface area (Å²) in [5, 5.41) is 4.10. The standard InChI is InChI=1S/C21H16Cl2N4O3S/c1-30-16-8-11-18-19(12-16)26-20(24-15-6-2-13(22)3-7-15)21(25-18)27-31(28,29)17-9-4-14(23)5-10-17/h2-12H,1H3,(H,24,26)(H,25,27). The first-order valence-corrected chi connectivity index (χ1v) is 11.2. The van der Waals surface area contributed by atoms with E-state index in [2.05, 4.69) is 20.0 Å². The molecule has 0 atom stereocenters. The quantitative estimate of drug-likeness (QED) is 0.383. The van der Waals surface area contributed by atoms with Gasteiger partial charge in [-0.2, -0.15) is 0 Å². The summed E-state index contributed by atoms with van der Waals surface area (Å²) in [7, 11) is -2.38. The van der Waals surface area contributed by atoms with Crippen molar-refractivity contribution in [2.24, 2.45) is 0 Å². The number of sulfonamides is 1. The van der Waals surface area contributed by atoms with E-state index in [0.29, 0.717) is 32.5 Å². The number of hydrogen-bond donors (Lipinski definition) is 2. The lowest BCUT2D eigenvalue weighted by Crippen LogP contribution is -2.16. The summed E-state index contributed by atoms with van der Waals surface area (Å²) in [6.45, 7) is 0. The van der Waals surface area contributed by atoms with Crippen molar-refractivity contribution in [3.05, 3.63) is 76.8 Å². The summed E-state index contributed by atoms with van der Waals surface area (Å²) in [6, 6.07) is 17.9. The molecule has 158 valence electrons. The van der Waals surface area contributed by atoms with Crippen molar-refractivity contribution in [1.82, 2.24) is 9.97 Å². The molecule has 1 aromatic heterocycles. The van der Waals surface area contributed by atoms with Gasteiger partial charge < -0.3 is 10.1 Å². The highest BCUT2D eigenvalue weighted by Gasteiger charge is 2.19. The van der Waals surface area contributed by atoms with Gasteiger partial charge in [0.15, 0.2) is 11.6 Å². The van der Waals surface area contributed by atoms with Gasteiger partial charge in [-0.15, -0.1) is 0 Å². The number of benzene rings is 3. The Balaban J connectivity index is 1.79. The minimum Gasteiger partial charge on any atom is -0.497 e. The van der Waals surface area contributed by atoms with E-state index < -0.39 is 10.0 Å². The van der Waals surface area contributed by atoms with Crippen molar-refractivity contribution >= 4 is 61.6 Å². The van der Waals surface area contributed by atoms with E-state index in [1.165, 1.54) is 24.3 Å². The minimum absolute atomic E-state index is 0.0440. The van der Waals surface area contributed by atoms with Crippen LogP contribution in [0.2, 0.25) is 10.0 Å². The highest BCUT2D eigenvalue weighted by Crippen LogP contribution is 2.29. The van der Waals surface area contributed by atoms with Gasteiger partial charge >= 0.3 is 0 Å². The normalized spacial score (nSPS) is 11.3. The van der Waals surface area contributed by atoms with Crippen LogP contribution >= 0.6 is 23.2 Å². The van der Waals surface area contributed by atoms with E-state index in [9.17, 15) is 8.42 Å². The predicted octanol–water partition coefficient (Wildman–Crippen LogP) is 5.49. The van der Waals surface area contributed by atoms with Crippen molar-refractivity contribution in [2.75, 3.05) is 17.1 Å². The molecule has 4 rings (SSSR count). The average molecular weight is 475 g/mol. The molecular weight excluding hydrogens is 459 g/mol. The van der Waals surface area contributed by atoms with Crippen LogP contribution in [0.4, 0.5) is 17.3 Å². The lowest BCUT2D eigenvalue weighted by Gasteiger charge is -2.14. The van der Waals surface area contributed by atoms with Gasteiger partial charge in [-0.25, -0.2) is 18.4 Å². The minimum atomic E-state index is -3.93. The fourth-order valence-corrected chi connectivity index (χ4v) is 4.05. The molecule has 0 fully saturated rings. The van der Waals surface area contributed by atoms with Crippen molar-refractivity contribution in [2.45, 2.75) is 4.90 Å². The topological polar surface area (TPSA) is 93.2 Å². The van der Waals surface area contributed by atoms with Crippen LogP contribution in [-0.4, -0.2) is 25.5 Å². The van der Waals surface area contributed by atoms with E-state index in [0.717, 1.165) is 0 Å². The summed E-state index contributed by atoms with van der Waals surface area (Å²) < 4.78 is 33.6. The van der Waals surface area contributed by atoms with Crippen LogP contribution in [0, 0.1) is 0 Å². The van der Waals surface area contributed by atoms with Crippen molar-refractivity contribution in [3.8, 4) is 5.75 Å². The van der Waals surface area contributed by atoms with Crippen LogP contribution in [0.3, 0.4) is 0 Å². The number of anilines is 3. The lowest BCUT2D eigenvalue weighted by atomic mass is 10.2. The number of methoxy groups -OCH3 is 1. The largest absolute Gasteiger partial charge is 0.497 e. The number of aromatic nitrogens is 2. The maximum Gasteiger partial charge on any atom is 0.263 e. The molecule has 0 saturated carbocycles. The third kappa shape index (κ3) is 4.82. The Morgan fingerprint density at radius 3 is 2.06 bits per heavy atom. The van der Waals surface area contributed by atoms with Gasteiger partial charge in [0.05, 0.1) is 23.0 Å². The van der Waals surface area contributed by atoms with Gasteiger partial charge in [-0.05, 0) is 60.7 Å². The molecule has 0 spiro atoms. The highest BCUT2D eigenvalue weighted by atomic mass is 35.5. The van der Waals surface area contributed by atoms with Gasteiger partial charge in [0.1, 0.15) is 5.75 Å². The maximum absolute atomic E-state index is 12.9. The molecule has 7 nitrogen and oxygen atoms in total. The van der Waals surface area contributed by atoms with Crippen LogP contribution in [0.25, 0.3) is 11.0 Å². The maximum atomic E-state index is 12.9. The number of rotatable bonds is 6. The predicted molar refractivity (Wildman–Crippen MR) is 123 cm³/mol. The molecule has 4 aromatic rings. The Labute approximate surface area is 189 Å². The molecule has 0 aliphatic rings. The van der Waals surface area contributed by atoms with Crippen LogP contribution in [-0.2, 0) is 10.0 Å². The molecule has 10 heteroatoms. The molecule has 0 unspecified atom stereocenters. The molecule has 3 aromatic carbocycles. The van der Waals surface area contributed by atoms with Crippen molar-refractivity contribution in [1.29, 1.82) is 0 Å². The number of hydrogen-bond acceptors (Lipinski definition) is 6. The van der Waals surface area contributed by atoms with Crippen LogP contribution in [0.1, 0.15) is 0 Å². The van der Waals surface area contributed by atoms with E-state index in [-0.39, 0.29) is 16.5 Å². The van der Waals surface area contributed by atoms with Gasteiger partial charge in [-0.1, -0.05) is 23.2 Å².